The van der Waals surface area contributed by atoms with Crippen molar-refractivity contribution in [2.24, 2.45) is 5.10 Å². The van der Waals surface area contributed by atoms with E-state index in [0.29, 0.717) is 28.7 Å². The lowest BCUT2D eigenvalue weighted by molar-refractivity contribution is -0.121. The van der Waals surface area contributed by atoms with Crippen LogP contribution in [0.3, 0.4) is 0 Å². The summed E-state index contributed by atoms with van der Waals surface area (Å²) in [6.45, 7) is 3.53. The largest absolute Gasteiger partial charge is 0.493 e. The van der Waals surface area contributed by atoms with E-state index in [0.717, 1.165) is 4.31 Å². The second-order valence-corrected chi connectivity index (χ2v) is 8.50. The molecule has 0 fully saturated rings. The maximum atomic E-state index is 12.5. The Bertz CT molecular complexity index is 1020. The van der Waals surface area contributed by atoms with Crippen molar-refractivity contribution < 1.29 is 22.7 Å². The number of halogens is 1. The number of benzene rings is 2. The van der Waals surface area contributed by atoms with Gasteiger partial charge in [0.05, 0.1) is 24.8 Å². The molecule has 1 amide bonds. The van der Waals surface area contributed by atoms with E-state index in [2.05, 4.69) is 17.1 Å². The molecule has 160 valence electrons. The van der Waals surface area contributed by atoms with E-state index < -0.39 is 22.5 Å². The fourth-order valence-corrected chi connectivity index (χ4v) is 3.57. The SMILES string of the molecule is C=CCOc1ccc(/C=N\NC(=O)CN(C)S(=O)(=O)c2ccc(Cl)cc2)cc1OC. The van der Waals surface area contributed by atoms with E-state index in [-0.39, 0.29) is 4.90 Å². The van der Waals surface area contributed by atoms with Crippen molar-refractivity contribution in [1.82, 2.24) is 9.73 Å². The van der Waals surface area contributed by atoms with Gasteiger partial charge in [-0.05, 0) is 48.0 Å². The summed E-state index contributed by atoms with van der Waals surface area (Å²) in [6, 6.07) is 10.8. The van der Waals surface area contributed by atoms with Crippen molar-refractivity contribution in [1.29, 1.82) is 0 Å². The van der Waals surface area contributed by atoms with Crippen LogP contribution in [0.2, 0.25) is 5.02 Å². The number of ether oxygens (including phenoxy) is 2. The second kappa shape index (κ2) is 10.8. The summed E-state index contributed by atoms with van der Waals surface area (Å²) >= 11 is 5.78. The van der Waals surface area contributed by atoms with Gasteiger partial charge in [-0.3, -0.25) is 4.79 Å². The molecule has 0 spiro atoms. The minimum Gasteiger partial charge on any atom is -0.493 e. The Morgan fingerprint density at radius 2 is 1.93 bits per heavy atom. The second-order valence-electron chi connectivity index (χ2n) is 6.02. The number of likely N-dealkylation sites (N-methyl/N-ethyl adjacent to an activating group) is 1. The Morgan fingerprint density at radius 1 is 1.23 bits per heavy atom. The summed E-state index contributed by atoms with van der Waals surface area (Å²) in [5, 5.41) is 4.27. The third-order valence-corrected chi connectivity index (χ3v) is 5.90. The van der Waals surface area contributed by atoms with Gasteiger partial charge in [-0.2, -0.15) is 9.41 Å². The number of methoxy groups -OCH3 is 1. The molecule has 0 aliphatic heterocycles. The third-order valence-electron chi connectivity index (χ3n) is 3.84. The zero-order valence-corrected chi connectivity index (χ0v) is 18.1. The van der Waals surface area contributed by atoms with Crippen molar-refractivity contribution in [3.8, 4) is 11.5 Å². The molecule has 0 aliphatic carbocycles. The van der Waals surface area contributed by atoms with Crippen LogP contribution in [0.1, 0.15) is 5.56 Å². The van der Waals surface area contributed by atoms with Crippen LogP contribution in [0.5, 0.6) is 11.5 Å². The third kappa shape index (κ3) is 6.31. The van der Waals surface area contributed by atoms with Crippen LogP contribution in [-0.2, 0) is 14.8 Å². The van der Waals surface area contributed by atoms with Crippen LogP contribution in [0.4, 0.5) is 0 Å². The Balaban J connectivity index is 1.97. The number of nitrogens with zero attached hydrogens (tertiary/aromatic N) is 2. The lowest BCUT2D eigenvalue weighted by atomic mass is 10.2. The van der Waals surface area contributed by atoms with Gasteiger partial charge in [0.1, 0.15) is 6.61 Å². The van der Waals surface area contributed by atoms with Crippen LogP contribution in [0.15, 0.2) is 65.1 Å². The minimum absolute atomic E-state index is 0.0385. The highest BCUT2D eigenvalue weighted by atomic mass is 35.5. The number of nitrogens with one attached hydrogen (secondary N) is 1. The monoisotopic (exact) mass is 451 g/mol. The fourth-order valence-electron chi connectivity index (χ4n) is 2.32. The van der Waals surface area contributed by atoms with Gasteiger partial charge in [-0.25, -0.2) is 13.8 Å². The molecular weight excluding hydrogens is 430 g/mol. The molecule has 0 radical (unpaired) electrons. The molecule has 30 heavy (non-hydrogen) atoms. The molecular formula is C20H22ClN3O5S. The van der Waals surface area contributed by atoms with Crippen molar-refractivity contribution in [3.05, 3.63) is 65.7 Å². The number of hydrogen-bond donors (Lipinski definition) is 1. The zero-order chi connectivity index (χ0) is 22.1. The lowest BCUT2D eigenvalue weighted by Gasteiger charge is -2.16. The number of carbonyl (C=O) groups is 1. The van der Waals surface area contributed by atoms with Crippen molar-refractivity contribution >= 4 is 33.7 Å². The summed E-state index contributed by atoms with van der Waals surface area (Å²) in [4.78, 5) is 12.1. The number of carbonyl (C=O) groups excluding carboxylic acids is 1. The quantitative estimate of drug-likeness (QED) is 0.340. The van der Waals surface area contributed by atoms with Crippen molar-refractivity contribution in [2.45, 2.75) is 4.90 Å². The number of rotatable bonds is 10. The Labute approximate surface area is 180 Å². The molecule has 0 heterocycles. The average Bonchev–Trinajstić information content (AvgIpc) is 2.72. The van der Waals surface area contributed by atoms with Gasteiger partial charge in [0.15, 0.2) is 11.5 Å². The summed E-state index contributed by atoms with van der Waals surface area (Å²) in [5.41, 5.74) is 2.95. The molecule has 8 nitrogen and oxygen atoms in total. The van der Waals surface area contributed by atoms with E-state index >= 15 is 0 Å². The highest BCUT2D eigenvalue weighted by Crippen LogP contribution is 2.27. The van der Waals surface area contributed by atoms with Crippen LogP contribution >= 0.6 is 11.6 Å². The topological polar surface area (TPSA) is 97.3 Å². The highest BCUT2D eigenvalue weighted by Gasteiger charge is 2.22. The van der Waals surface area contributed by atoms with Crippen LogP contribution in [-0.4, -0.2) is 52.2 Å². The van der Waals surface area contributed by atoms with Crippen LogP contribution in [0, 0.1) is 0 Å². The van der Waals surface area contributed by atoms with E-state index in [9.17, 15) is 13.2 Å². The van der Waals surface area contributed by atoms with Crippen molar-refractivity contribution in [2.75, 3.05) is 27.3 Å². The van der Waals surface area contributed by atoms with Gasteiger partial charge in [-0.1, -0.05) is 24.3 Å². The molecule has 10 heteroatoms. The molecule has 1 N–H and O–H groups in total. The zero-order valence-electron chi connectivity index (χ0n) is 16.5. The van der Waals surface area contributed by atoms with E-state index in [1.807, 2.05) is 0 Å². The molecule has 0 saturated heterocycles. The van der Waals surface area contributed by atoms with Gasteiger partial charge >= 0.3 is 0 Å². The van der Waals surface area contributed by atoms with Crippen LogP contribution < -0.4 is 14.9 Å². The standard InChI is InChI=1S/C20H22ClN3O5S/c1-4-11-29-18-10-5-15(12-19(18)28-3)13-22-23-20(25)14-24(2)30(26,27)17-8-6-16(21)7-9-17/h4-10,12-13H,1,11,14H2,2-3H3,(H,23,25)/b22-13-. The first kappa shape index (κ1) is 23.4. The lowest BCUT2D eigenvalue weighted by Crippen LogP contribution is -2.36. The fraction of sp³-hybridized carbons (Fsp3) is 0.200. The van der Waals surface area contributed by atoms with Crippen LogP contribution in [0.25, 0.3) is 0 Å². The maximum absolute atomic E-state index is 12.5. The highest BCUT2D eigenvalue weighted by molar-refractivity contribution is 7.89. The predicted molar refractivity (Wildman–Crippen MR) is 116 cm³/mol. The van der Waals surface area contributed by atoms with E-state index in [4.69, 9.17) is 21.1 Å². The van der Waals surface area contributed by atoms with E-state index in [1.165, 1.54) is 44.6 Å². The first-order valence-electron chi connectivity index (χ1n) is 8.73. The van der Waals surface area contributed by atoms with Gasteiger partial charge in [0.25, 0.3) is 5.91 Å². The Kier molecular flexibility index (Phi) is 8.40. The summed E-state index contributed by atoms with van der Waals surface area (Å²) in [6.07, 6.45) is 3.03. The molecule has 0 aromatic heterocycles. The van der Waals surface area contributed by atoms with Gasteiger partial charge in [0.2, 0.25) is 10.0 Å². The average molecular weight is 452 g/mol. The summed E-state index contributed by atoms with van der Waals surface area (Å²) < 4.78 is 36.6. The maximum Gasteiger partial charge on any atom is 0.255 e. The van der Waals surface area contributed by atoms with Crippen molar-refractivity contribution in [3.63, 3.8) is 0 Å². The predicted octanol–water partition coefficient (Wildman–Crippen LogP) is 2.68. The first-order valence-corrected chi connectivity index (χ1v) is 10.5. The summed E-state index contributed by atoms with van der Waals surface area (Å²) in [5.74, 6) is 0.456. The molecule has 0 bridgehead atoms. The van der Waals surface area contributed by atoms with E-state index in [1.54, 1.807) is 24.3 Å². The molecule has 2 aromatic rings. The van der Waals surface area contributed by atoms with Gasteiger partial charge in [-0.15, -0.1) is 0 Å². The minimum atomic E-state index is -3.82. The molecule has 2 rings (SSSR count). The Morgan fingerprint density at radius 3 is 2.57 bits per heavy atom. The molecule has 0 atom stereocenters. The van der Waals surface area contributed by atoms with Gasteiger partial charge < -0.3 is 9.47 Å². The molecule has 2 aromatic carbocycles. The molecule has 0 unspecified atom stereocenters. The first-order chi connectivity index (χ1) is 14.3. The number of hydrogen-bond acceptors (Lipinski definition) is 6. The molecule has 0 aliphatic rings. The number of sulfonamides is 1. The smallest absolute Gasteiger partial charge is 0.255 e. The van der Waals surface area contributed by atoms with Gasteiger partial charge in [0, 0.05) is 12.1 Å². The number of hydrazone groups is 1. The number of amides is 1. The normalized spacial score (nSPS) is 11.5. The Hall–Kier alpha value is -2.88. The summed E-state index contributed by atoms with van der Waals surface area (Å²) in [7, 11) is -1.01. The molecule has 0 saturated carbocycles.